The SMILES string of the molecule is COc1ccc(/C=C2\CC(=O)N(CC(=O)O)C2=O)cc1. The highest BCUT2D eigenvalue weighted by Gasteiger charge is 2.34. The number of benzene rings is 1. The molecule has 20 heavy (non-hydrogen) atoms. The van der Waals surface area contributed by atoms with Gasteiger partial charge in [-0.3, -0.25) is 19.3 Å². The van der Waals surface area contributed by atoms with Crippen molar-refractivity contribution in [2.45, 2.75) is 6.42 Å². The highest BCUT2D eigenvalue weighted by Crippen LogP contribution is 2.22. The lowest BCUT2D eigenvalue weighted by Crippen LogP contribution is -2.34. The second-order valence-electron chi connectivity index (χ2n) is 4.30. The zero-order valence-corrected chi connectivity index (χ0v) is 10.8. The van der Waals surface area contributed by atoms with Crippen LogP contribution in [0.4, 0.5) is 0 Å². The highest BCUT2D eigenvalue weighted by atomic mass is 16.5. The van der Waals surface area contributed by atoms with E-state index < -0.39 is 24.3 Å². The van der Waals surface area contributed by atoms with E-state index in [1.54, 1.807) is 37.5 Å². The molecule has 0 aromatic heterocycles. The Morgan fingerprint density at radius 1 is 1.35 bits per heavy atom. The Kier molecular flexibility index (Phi) is 3.84. The molecule has 1 aliphatic rings. The maximum atomic E-state index is 11.9. The summed E-state index contributed by atoms with van der Waals surface area (Å²) in [6, 6.07) is 6.98. The molecule has 1 aromatic carbocycles. The van der Waals surface area contributed by atoms with Crippen molar-refractivity contribution in [3.8, 4) is 5.75 Å². The van der Waals surface area contributed by atoms with Crippen molar-refractivity contribution in [3.05, 3.63) is 35.4 Å². The minimum absolute atomic E-state index is 0.0713. The summed E-state index contributed by atoms with van der Waals surface area (Å²) in [4.78, 5) is 34.9. The summed E-state index contributed by atoms with van der Waals surface area (Å²) in [5, 5.41) is 8.66. The summed E-state index contributed by atoms with van der Waals surface area (Å²) < 4.78 is 5.02. The normalized spacial score (nSPS) is 16.9. The summed E-state index contributed by atoms with van der Waals surface area (Å²) in [7, 11) is 1.55. The molecule has 1 aromatic rings. The maximum Gasteiger partial charge on any atom is 0.323 e. The molecule has 1 aliphatic heterocycles. The third-order valence-electron chi connectivity index (χ3n) is 2.91. The Balaban J connectivity index is 2.20. The van der Waals surface area contributed by atoms with Crippen molar-refractivity contribution in [2.75, 3.05) is 13.7 Å². The maximum absolute atomic E-state index is 11.9. The summed E-state index contributed by atoms with van der Waals surface area (Å²) in [6.07, 6.45) is 1.51. The molecule has 0 saturated carbocycles. The molecular weight excluding hydrogens is 262 g/mol. The van der Waals surface area contributed by atoms with Crippen LogP contribution in [-0.2, 0) is 14.4 Å². The van der Waals surface area contributed by atoms with Gasteiger partial charge in [0.2, 0.25) is 5.91 Å². The third-order valence-corrected chi connectivity index (χ3v) is 2.91. The van der Waals surface area contributed by atoms with E-state index in [4.69, 9.17) is 9.84 Å². The molecule has 2 amide bonds. The second-order valence-corrected chi connectivity index (χ2v) is 4.30. The molecule has 104 valence electrons. The average molecular weight is 275 g/mol. The standard InChI is InChI=1S/C14H13NO5/c1-20-11-4-2-9(3-5-11)6-10-7-12(16)15(14(10)19)8-13(17)18/h2-6H,7-8H2,1H3,(H,17,18)/b10-6+. The van der Waals surface area contributed by atoms with E-state index in [9.17, 15) is 14.4 Å². The minimum atomic E-state index is -1.21. The first kappa shape index (κ1) is 13.8. The first-order valence-electron chi connectivity index (χ1n) is 5.92. The Hall–Kier alpha value is -2.63. The molecule has 1 fully saturated rings. The molecule has 6 heteroatoms. The number of aliphatic carboxylic acids is 1. The van der Waals surface area contributed by atoms with Crippen LogP contribution in [-0.4, -0.2) is 41.4 Å². The fourth-order valence-corrected chi connectivity index (χ4v) is 1.93. The molecule has 0 spiro atoms. The number of carboxylic acids is 1. The number of amides is 2. The fraction of sp³-hybridized carbons (Fsp3) is 0.214. The molecule has 0 unspecified atom stereocenters. The highest BCUT2D eigenvalue weighted by molar-refractivity contribution is 6.16. The Morgan fingerprint density at radius 2 is 2.00 bits per heavy atom. The van der Waals surface area contributed by atoms with E-state index in [-0.39, 0.29) is 6.42 Å². The Labute approximate surface area is 115 Å². The third kappa shape index (κ3) is 2.85. The van der Waals surface area contributed by atoms with Crippen LogP contribution in [0.25, 0.3) is 6.08 Å². The van der Waals surface area contributed by atoms with Crippen LogP contribution in [0.1, 0.15) is 12.0 Å². The van der Waals surface area contributed by atoms with Gasteiger partial charge in [-0.05, 0) is 23.8 Å². The second kappa shape index (κ2) is 5.56. The zero-order valence-electron chi connectivity index (χ0n) is 10.8. The van der Waals surface area contributed by atoms with Crippen LogP contribution >= 0.6 is 0 Å². The molecule has 0 atom stereocenters. The summed E-state index contributed by atoms with van der Waals surface area (Å²) >= 11 is 0. The number of hydrogen-bond donors (Lipinski definition) is 1. The smallest absolute Gasteiger partial charge is 0.323 e. The Bertz CT molecular complexity index is 588. The molecule has 1 heterocycles. The number of likely N-dealkylation sites (tertiary alicyclic amines) is 1. The van der Waals surface area contributed by atoms with Gasteiger partial charge in [-0.1, -0.05) is 12.1 Å². The molecular formula is C14H13NO5. The predicted octanol–water partition coefficient (Wildman–Crippen LogP) is 0.922. The summed E-state index contributed by atoms with van der Waals surface area (Å²) in [6.45, 7) is -0.600. The van der Waals surface area contributed by atoms with E-state index in [2.05, 4.69) is 0 Å². The van der Waals surface area contributed by atoms with Gasteiger partial charge in [-0.15, -0.1) is 0 Å². The van der Waals surface area contributed by atoms with Crippen LogP contribution in [0.2, 0.25) is 0 Å². The lowest BCUT2D eigenvalue weighted by atomic mass is 10.1. The van der Waals surface area contributed by atoms with Crippen molar-refractivity contribution in [1.29, 1.82) is 0 Å². The van der Waals surface area contributed by atoms with Gasteiger partial charge in [0.15, 0.2) is 0 Å². The van der Waals surface area contributed by atoms with Crippen LogP contribution in [0, 0.1) is 0 Å². The van der Waals surface area contributed by atoms with Gasteiger partial charge in [0.25, 0.3) is 5.91 Å². The number of methoxy groups -OCH3 is 1. The topological polar surface area (TPSA) is 83.9 Å². The molecule has 0 aliphatic carbocycles. The van der Waals surface area contributed by atoms with Crippen LogP contribution in [0.5, 0.6) is 5.75 Å². The largest absolute Gasteiger partial charge is 0.497 e. The molecule has 0 radical (unpaired) electrons. The number of rotatable bonds is 4. The number of imide groups is 1. The molecule has 1 N–H and O–H groups in total. The number of carboxylic acid groups (broad SMARTS) is 1. The van der Waals surface area contributed by atoms with E-state index in [1.165, 1.54) is 0 Å². The lowest BCUT2D eigenvalue weighted by Gasteiger charge is -2.09. The predicted molar refractivity (Wildman–Crippen MR) is 69.9 cm³/mol. The quantitative estimate of drug-likeness (QED) is 0.652. The first-order valence-corrected chi connectivity index (χ1v) is 5.92. The van der Waals surface area contributed by atoms with Crippen molar-refractivity contribution >= 4 is 23.9 Å². The van der Waals surface area contributed by atoms with E-state index in [0.29, 0.717) is 11.3 Å². The van der Waals surface area contributed by atoms with E-state index in [1.807, 2.05) is 0 Å². The van der Waals surface area contributed by atoms with Crippen molar-refractivity contribution in [2.24, 2.45) is 0 Å². The molecule has 0 bridgehead atoms. The van der Waals surface area contributed by atoms with Gasteiger partial charge < -0.3 is 9.84 Å². The zero-order chi connectivity index (χ0) is 14.7. The monoisotopic (exact) mass is 275 g/mol. The minimum Gasteiger partial charge on any atom is -0.497 e. The van der Waals surface area contributed by atoms with Crippen LogP contribution < -0.4 is 4.74 Å². The van der Waals surface area contributed by atoms with E-state index >= 15 is 0 Å². The lowest BCUT2D eigenvalue weighted by molar-refractivity contribution is -0.148. The van der Waals surface area contributed by atoms with Gasteiger partial charge in [0.05, 0.1) is 13.5 Å². The number of carbonyl (C=O) groups is 3. The van der Waals surface area contributed by atoms with Crippen molar-refractivity contribution in [3.63, 3.8) is 0 Å². The molecule has 6 nitrogen and oxygen atoms in total. The summed E-state index contributed by atoms with van der Waals surface area (Å²) in [5.41, 5.74) is 1.04. The Morgan fingerprint density at radius 3 is 2.55 bits per heavy atom. The number of carbonyl (C=O) groups excluding carboxylic acids is 2. The van der Waals surface area contributed by atoms with Gasteiger partial charge in [-0.25, -0.2) is 0 Å². The van der Waals surface area contributed by atoms with Crippen LogP contribution in [0.15, 0.2) is 29.8 Å². The van der Waals surface area contributed by atoms with Gasteiger partial charge >= 0.3 is 5.97 Å². The molecule has 1 saturated heterocycles. The number of nitrogens with zero attached hydrogens (tertiary/aromatic N) is 1. The first-order chi connectivity index (χ1) is 9.51. The average Bonchev–Trinajstić information content (AvgIpc) is 2.67. The van der Waals surface area contributed by atoms with Crippen LogP contribution in [0.3, 0.4) is 0 Å². The van der Waals surface area contributed by atoms with Crippen molar-refractivity contribution < 1.29 is 24.2 Å². The van der Waals surface area contributed by atoms with Crippen molar-refractivity contribution in [1.82, 2.24) is 4.90 Å². The van der Waals surface area contributed by atoms with Gasteiger partial charge in [-0.2, -0.15) is 0 Å². The fourth-order valence-electron chi connectivity index (χ4n) is 1.93. The number of ether oxygens (including phenoxy) is 1. The van der Waals surface area contributed by atoms with Gasteiger partial charge in [0.1, 0.15) is 12.3 Å². The van der Waals surface area contributed by atoms with E-state index in [0.717, 1.165) is 10.5 Å². The summed E-state index contributed by atoms with van der Waals surface area (Å²) in [5.74, 6) is -1.56. The van der Waals surface area contributed by atoms with Gasteiger partial charge in [0, 0.05) is 5.57 Å². The number of hydrogen-bond acceptors (Lipinski definition) is 4. The molecule has 2 rings (SSSR count).